The summed E-state index contributed by atoms with van der Waals surface area (Å²) in [6.07, 6.45) is 0. The van der Waals surface area contributed by atoms with E-state index in [1.54, 1.807) is 44.6 Å². The summed E-state index contributed by atoms with van der Waals surface area (Å²) in [5.74, 6) is 1.01. The standard InChI is InChI=1S/C15H15FN2O2S/c1-19-13-7-12(8-14(9-13)20-2)18-15(21)17-11-5-3-10(16)4-6-11/h3-9H,1-2H3,(H2,17,18,21). The van der Waals surface area contributed by atoms with Gasteiger partial charge in [0.15, 0.2) is 5.11 Å². The molecule has 21 heavy (non-hydrogen) atoms. The van der Waals surface area contributed by atoms with Crippen LogP contribution in [0.2, 0.25) is 0 Å². The predicted molar refractivity (Wildman–Crippen MR) is 85.8 cm³/mol. The van der Waals surface area contributed by atoms with E-state index in [2.05, 4.69) is 10.6 Å². The van der Waals surface area contributed by atoms with Crippen molar-refractivity contribution in [3.8, 4) is 11.5 Å². The molecule has 110 valence electrons. The Morgan fingerprint density at radius 3 is 1.95 bits per heavy atom. The minimum atomic E-state index is -0.294. The van der Waals surface area contributed by atoms with Gasteiger partial charge in [0.2, 0.25) is 0 Å². The summed E-state index contributed by atoms with van der Waals surface area (Å²) in [6.45, 7) is 0. The Balaban J connectivity index is 2.06. The molecule has 2 rings (SSSR count). The Labute approximate surface area is 127 Å². The SMILES string of the molecule is COc1cc(NC(=S)Nc2ccc(F)cc2)cc(OC)c1. The van der Waals surface area contributed by atoms with Gasteiger partial charge in [0.1, 0.15) is 17.3 Å². The van der Waals surface area contributed by atoms with Crippen LogP contribution >= 0.6 is 12.2 Å². The Morgan fingerprint density at radius 2 is 1.43 bits per heavy atom. The lowest BCUT2D eigenvalue weighted by Crippen LogP contribution is -2.19. The third-order valence-electron chi connectivity index (χ3n) is 2.71. The highest BCUT2D eigenvalue weighted by molar-refractivity contribution is 7.80. The molecule has 0 saturated carbocycles. The van der Waals surface area contributed by atoms with Gasteiger partial charge in [0, 0.05) is 29.6 Å². The van der Waals surface area contributed by atoms with E-state index in [0.717, 1.165) is 5.69 Å². The van der Waals surface area contributed by atoms with Gasteiger partial charge in [-0.1, -0.05) is 0 Å². The van der Waals surface area contributed by atoms with E-state index in [1.807, 2.05) is 0 Å². The molecule has 0 aliphatic heterocycles. The summed E-state index contributed by atoms with van der Waals surface area (Å²) >= 11 is 5.21. The summed E-state index contributed by atoms with van der Waals surface area (Å²) < 4.78 is 23.2. The molecular weight excluding hydrogens is 291 g/mol. The Bertz CT molecular complexity index is 610. The van der Waals surface area contributed by atoms with E-state index < -0.39 is 0 Å². The first kappa shape index (κ1) is 15.1. The lowest BCUT2D eigenvalue weighted by molar-refractivity contribution is 0.395. The van der Waals surface area contributed by atoms with Gasteiger partial charge in [-0.05, 0) is 36.5 Å². The molecule has 0 aromatic heterocycles. The summed E-state index contributed by atoms with van der Waals surface area (Å²) in [6, 6.07) is 11.3. The van der Waals surface area contributed by atoms with E-state index >= 15 is 0 Å². The first-order valence-corrected chi connectivity index (χ1v) is 6.58. The smallest absolute Gasteiger partial charge is 0.175 e. The maximum atomic E-state index is 12.8. The van der Waals surface area contributed by atoms with Crippen LogP contribution in [0.25, 0.3) is 0 Å². The number of hydrogen-bond acceptors (Lipinski definition) is 3. The molecule has 0 aliphatic rings. The molecule has 6 heteroatoms. The topological polar surface area (TPSA) is 42.5 Å². The fourth-order valence-corrected chi connectivity index (χ4v) is 1.94. The highest BCUT2D eigenvalue weighted by atomic mass is 32.1. The van der Waals surface area contributed by atoms with Gasteiger partial charge in [-0.3, -0.25) is 0 Å². The minimum Gasteiger partial charge on any atom is -0.497 e. The Morgan fingerprint density at radius 1 is 0.905 bits per heavy atom. The van der Waals surface area contributed by atoms with Gasteiger partial charge in [0.05, 0.1) is 14.2 Å². The predicted octanol–water partition coefficient (Wildman–Crippen LogP) is 3.65. The zero-order valence-corrected chi connectivity index (χ0v) is 12.5. The van der Waals surface area contributed by atoms with Gasteiger partial charge in [-0.2, -0.15) is 0 Å². The van der Waals surface area contributed by atoms with E-state index in [9.17, 15) is 4.39 Å². The molecule has 2 aromatic carbocycles. The van der Waals surface area contributed by atoms with Gasteiger partial charge in [-0.15, -0.1) is 0 Å². The fourth-order valence-electron chi connectivity index (χ4n) is 1.71. The van der Waals surface area contributed by atoms with Crippen molar-refractivity contribution in [2.45, 2.75) is 0 Å². The van der Waals surface area contributed by atoms with Gasteiger partial charge < -0.3 is 20.1 Å². The molecular formula is C15H15FN2O2S. The number of benzene rings is 2. The van der Waals surface area contributed by atoms with Crippen LogP contribution in [0.3, 0.4) is 0 Å². The molecule has 0 spiro atoms. The van der Waals surface area contributed by atoms with Crippen LogP contribution < -0.4 is 20.1 Å². The molecule has 0 atom stereocenters. The first-order valence-electron chi connectivity index (χ1n) is 6.17. The van der Waals surface area contributed by atoms with Gasteiger partial charge in [0.25, 0.3) is 0 Å². The monoisotopic (exact) mass is 306 g/mol. The number of thiocarbonyl (C=S) groups is 1. The molecule has 0 fully saturated rings. The van der Waals surface area contributed by atoms with Crippen molar-refractivity contribution in [1.29, 1.82) is 0 Å². The molecule has 0 amide bonds. The van der Waals surface area contributed by atoms with Crippen LogP contribution in [0.15, 0.2) is 42.5 Å². The number of anilines is 2. The highest BCUT2D eigenvalue weighted by Crippen LogP contribution is 2.25. The number of ether oxygens (including phenoxy) is 2. The van der Waals surface area contributed by atoms with Crippen molar-refractivity contribution in [3.63, 3.8) is 0 Å². The average Bonchev–Trinajstić information content (AvgIpc) is 2.49. The van der Waals surface area contributed by atoms with E-state index in [1.165, 1.54) is 12.1 Å². The number of methoxy groups -OCH3 is 2. The van der Waals surface area contributed by atoms with E-state index in [-0.39, 0.29) is 5.82 Å². The maximum Gasteiger partial charge on any atom is 0.175 e. The quantitative estimate of drug-likeness (QED) is 0.844. The van der Waals surface area contributed by atoms with Crippen LogP contribution in [0.1, 0.15) is 0 Å². The number of halogens is 1. The summed E-state index contributed by atoms with van der Waals surface area (Å²) in [7, 11) is 3.15. The summed E-state index contributed by atoms with van der Waals surface area (Å²) in [5.41, 5.74) is 1.43. The molecule has 4 nitrogen and oxygen atoms in total. The average molecular weight is 306 g/mol. The normalized spacial score (nSPS) is 9.86. The lowest BCUT2D eigenvalue weighted by atomic mass is 10.3. The molecule has 0 saturated heterocycles. The largest absolute Gasteiger partial charge is 0.497 e. The molecule has 0 unspecified atom stereocenters. The summed E-state index contributed by atoms with van der Waals surface area (Å²) in [5, 5.41) is 6.37. The van der Waals surface area contributed by atoms with Crippen LogP contribution in [0, 0.1) is 5.82 Å². The third kappa shape index (κ3) is 4.32. The second-order valence-electron chi connectivity index (χ2n) is 4.19. The lowest BCUT2D eigenvalue weighted by Gasteiger charge is -2.13. The van der Waals surface area contributed by atoms with E-state index in [0.29, 0.717) is 22.3 Å². The van der Waals surface area contributed by atoms with Crippen molar-refractivity contribution in [1.82, 2.24) is 0 Å². The molecule has 0 aliphatic carbocycles. The first-order chi connectivity index (χ1) is 10.1. The van der Waals surface area contributed by atoms with Gasteiger partial charge >= 0.3 is 0 Å². The molecule has 2 N–H and O–H groups in total. The number of nitrogens with one attached hydrogen (secondary N) is 2. The zero-order valence-electron chi connectivity index (χ0n) is 11.6. The highest BCUT2D eigenvalue weighted by Gasteiger charge is 2.04. The number of rotatable bonds is 4. The number of hydrogen-bond donors (Lipinski definition) is 2. The Kier molecular flexibility index (Phi) is 4.94. The maximum absolute atomic E-state index is 12.8. The van der Waals surface area contributed by atoms with E-state index in [4.69, 9.17) is 21.7 Å². The van der Waals surface area contributed by atoms with Gasteiger partial charge in [-0.25, -0.2) is 4.39 Å². The van der Waals surface area contributed by atoms with Crippen LogP contribution in [0.4, 0.5) is 15.8 Å². The Hall–Kier alpha value is -2.34. The second kappa shape index (κ2) is 6.90. The van der Waals surface area contributed by atoms with Crippen molar-refractivity contribution >= 4 is 28.7 Å². The molecule has 2 aromatic rings. The molecule has 0 heterocycles. The third-order valence-corrected chi connectivity index (χ3v) is 2.92. The minimum absolute atomic E-state index is 0.294. The second-order valence-corrected chi connectivity index (χ2v) is 4.60. The fraction of sp³-hybridized carbons (Fsp3) is 0.133. The summed E-state index contributed by atoms with van der Waals surface area (Å²) in [4.78, 5) is 0. The van der Waals surface area contributed by atoms with Crippen LogP contribution in [-0.4, -0.2) is 19.3 Å². The van der Waals surface area contributed by atoms with Crippen molar-refractivity contribution in [2.24, 2.45) is 0 Å². The van der Waals surface area contributed by atoms with Crippen molar-refractivity contribution in [2.75, 3.05) is 24.9 Å². The zero-order chi connectivity index (χ0) is 15.2. The van der Waals surface area contributed by atoms with Crippen molar-refractivity contribution < 1.29 is 13.9 Å². The van der Waals surface area contributed by atoms with Crippen molar-refractivity contribution in [3.05, 3.63) is 48.3 Å². The van der Waals surface area contributed by atoms with Crippen LogP contribution in [0.5, 0.6) is 11.5 Å². The molecule has 0 bridgehead atoms. The molecule has 0 radical (unpaired) electrons. The van der Waals surface area contributed by atoms with Crippen LogP contribution in [-0.2, 0) is 0 Å².